The largest absolute Gasteiger partial charge is 0.367 e. The molecular formula is C20H26N4. The third-order valence-corrected chi connectivity index (χ3v) is 4.44. The van der Waals surface area contributed by atoms with Crippen molar-refractivity contribution >= 4 is 11.5 Å². The molecule has 1 aromatic carbocycles. The molecule has 0 amide bonds. The summed E-state index contributed by atoms with van der Waals surface area (Å²) in [5, 5.41) is 8.35. The van der Waals surface area contributed by atoms with Gasteiger partial charge in [-0.25, -0.2) is 4.98 Å². The molecule has 1 atom stereocenters. The molecule has 0 saturated carbocycles. The van der Waals surface area contributed by atoms with E-state index in [0.717, 1.165) is 40.4 Å². The van der Waals surface area contributed by atoms with E-state index >= 15 is 0 Å². The Morgan fingerprint density at radius 3 is 2.46 bits per heavy atom. The predicted molar refractivity (Wildman–Crippen MR) is 101 cm³/mol. The Hall–Kier alpha value is -2.36. The van der Waals surface area contributed by atoms with Gasteiger partial charge in [0.15, 0.2) is 5.65 Å². The maximum Gasteiger partial charge on any atom is 0.165 e. The number of anilines is 1. The molecule has 2 aromatic heterocycles. The van der Waals surface area contributed by atoms with Crippen molar-refractivity contribution in [2.75, 3.05) is 5.32 Å². The van der Waals surface area contributed by atoms with Crippen molar-refractivity contribution in [2.45, 2.75) is 53.0 Å². The van der Waals surface area contributed by atoms with Gasteiger partial charge in [0.25, 0.3) is 0 Å². The number of hydrogen-bond donors (Lipinski definition) is 1. The number of fused-ring (bicyclic) bond motifs is 1. The smallest absolute Gasteiger partial charge is 0.165 e. The summed E-state index contributed by atoms with van der Waals surface area (Å²) in [6, 6.07) is 12.9. The molecule has 1 N–H and O–H groups in total. The first-order chi connectivity index (χ1) is 11.5. The fourth-order valence-electron chi connectivity index (χ4n) is 2.84. The molecule has 0 spiro atoms. The molecule has 0 aliphatic rings. The highest BCUT2D eigenvalue weighted by molar-refractivity contribution is 5.81. The summed E-state index contributed by atoms with van der Waals surface area (Å²) in [5.41, 5.74) is 5.29. The molecule has 0 saturated heterocycles. The maximum atomic E-state index is 4.93. The molecule has 2 heterocycles. The molecule has 24 heavy (non-hydrogen) atoms. The van der Waals surface area contributed by atoms with E-state index in [1.807, 2.05) is 10.6 Å². The summed E-state index contributed by atoms with van der Waals surface area (Å²) < 4.78 is 1.95. The van der Waals surface area contributed by atoms with Crippen molar-refractivity contribution < 1.29 is 0 Å². The van der Waals surface area contributed by atoms with Gasteiger partial charge in [-0.15, -0.1) is 0 Å². The molecule has 0 aliphatic carbocycles. The molecule has 0 aliphatic heterocycles. The minimum absolute atomic E-state index is 0.367. The first-order valence-electron chi connectivity index (χ1n) is 8.73. The van der Waals surface area contributed by atoms with E-state index in [-0.39, 0.29) is 0 Å². The van der Waals surface area contributed by atoms with Crippen LogP contribution in [0.5, 0.6) is 0 Å². The lowest BCUT2D eigenvalue weighted by molar-refractivity contribution is 0.741. The lowest BCUT2D eigenvalue weighted by Gasteiger charge is -2.16. The van der Waals surface area contributed by atoms with Crippen molar-refractivity contribution in [3.63, 3.8) is 0 Å². The fourth-order valence-corrected chi connectivity index (χ4v) is 2.84. The van der Waals surface area contributed by atoms with Crippen LogP contribution in [-0.4, -0.2) is 20.6 Å². The van der Waals surface area contributed by atoms with E-state index in [1.165, 1.54) is 0 Å². The van der Waals surface area contributed by atoms with Crippen LogP contribution in [0.4, 0.5) is 5.82 Å². The number of aromatic nitrogens is 3. The zero-order valence-electron chi connectivity index (χ0n) is 15.2. The standard InChI is InChI=1S/C20H26N4/c1-6-14(4)21-18-12-17(13(2)3)22-20-19(15(5)23-24(18)20)16-10-8-7-9-11-16/h7-14,21H,6H2,1-5H3/t14-/m0/s1. The van der Waals surface area contributed by atoms with Crippen LogP contribution in [0.2, 0.25) is 0 Å². The molecule has 126 valence electrons. The van der Waals surface area contributed by atoms with Crippen LogP contribution in [0, 0.1) is 6.92 Å². The van der Waals surface area contributed by atoms with Crippen molar-refractivity contribution in [1.82, 2.24) is 14.6 Å². The van der Waals surface area contributed by atoms with E-state index in [4.69, 9.17) is 10.1 Å². The minimum Gasteiger partial charge on any atom is -0.367 e. The summed E-state index contributed by atoms with van der Waals surface area (Å²) >= 11 is 0. The number of benzene rings is 1. The molecule has 3 aromatic rings. The second-order valence-corrected chi connectivity index (χ2v) is 6.74. The maximum absolute atomic E-state index is 4.93. The van der Waals surface area contributed by atoms with Gasteiger partial charge in [-0.2, -0.15) is 9.61 Å². The normalized spacial score (nSPS) is 12.8. The molecular weight excluding hydrogens is 296 g/mol. The average Bonchev–Trinajstić information content (AvgIpc) is 2.91. The third kappa shape index (κ3) is 3.01. The van der Waals surface area contributed by atoms with Gasteiger partial charge in [-0.05, 0) is 31.7 Å². The summed E-state index contributed by atoms with van der Waals surface area (Å²) in [6.45, 7) is 10.8. The fraction of sp³-hybridized carbons (Fsp3) is 0.400. The molecule has 0 radical (unpaired) electrons. The number of nitrogens with one attached hydrogen (secondary N) is 1. The first kappa shape index (κ1) is 16.5. The van der Waals surface area contributed by atoms with Crippen molar-refractivity contribution in [2.24, 2.45) is 0 Å². The van der Waals surface area contributed by atoms with Gasteiger partial charge in [-0.1, -0.05) is 51.1 Å². The molecule has 0 fully saturated rings. The van der Waals surface area contributed by atoms with Gasteiger partial charge in [0, 0.05) is 23.4 Å². The Morgan fingerprint density at radius 1 is 1.12 bits per heavy atom. The lowest BCUT2D eigenvalue weighted by Crippen LogP contribution is -2.17. The van der Waals surface area contributed by atoms with Crippen molar-refractivity contribution in [3.05, 3.63) is 47.8 Å². The van der Waals surface area contributed by atoms with Crippen molar-refractivity contribution in [3.8, 4) is 11.1 Å². The molecule has 4 heteroatoms. The summed E-state index contributed by atoms with van der Waals surface area (Å²) in [7, 11) is 0. The zero-order valence-corrected chi connectivity index (χ0v) is 15.2. The molecule has 4 nitrogen and oxygen atoms in total. The molecule has 3 rings (SSSR count). The van der Waals surface area contributed by atoms with Gasteiger partial charge in [-0.3, -0.25) is 0 Å². The van der Waals surface area contributed by atoms with Crippen LogP contribution in [-0.2, 0) is 0 Å². The number of nitrogens with zero attached hydrogens (tertiary/aromatic N) is 3. The molecule has 0 bridgehead atoms. The van der Waals surface area contributed by atoms with E-state index in [9.17, 15) is 0 Å². The second kappa shape index (κ2) is 6.63. The molecule has 0 unspecified atom stereocenters. The Bertz CT molecular complexity index is 834. The van der Waals surface area contributed by atoms with Gasteiger partial charge in [0.1, 0.15) is 5.82 Å². The van der Waals surface area contributed by atoms with Crippen LogP contribution in [0.25, 0.3) is 16.8 Å². The van der Waals surface area contributed by atoms with Crippen LogP contribution in [0.3, 0.4) is 0 Å². The minimum atomic E-state index is 0.367. The highest BCUT2D eigenvalue weighted by Gasteiger charge is 2.18. The predicted octanol–water partition coefficient (Wildman–Crippen LogP) is 5.04. The van der Waals surface area contributed by atoms with Crippen LogP contribution < -0.4 is 5.32 Å². The second-order valence-electron chi connectivity index (χ2n) is 6.74. The highest BCUT2D eigenvalue weighted by atomic mass is 15.3. The van der Waals surface area contributed by atoms with Gasteiger partial charge in [0.05, 0.1) is 5.69 Å². The van der Waals surface area contributed by atoms with Gasteiger partial charge < -0.3 is 5.32 Å². The number of aryl methyl sites for hydroxylation is 1. The Balaban J connectivity index is 2.26. The quantitative estimate of drug-likeness (QED) is 0.715. The van der Waals surface area contributed by atoms with Crippen LogP contribution >= 0.6 is 0 Å². The Morgan fingerprint density at radius 2 is 1.83 bits per heavy atom. The van der Waals surface area contributed by atoms with Crippen molar-refractivity contribution in [1.29, 1.82) is 0 Å². The zero-order chi connectivity index (χ0) is 17.3. The topological polar surface area (TPSA) is 42.2 Å². The average molecular weight is 322 g/mol. The third-order valence-electron chi connectivity index (χ3n) is 4.44. The van der Waals surface area contributed by atoms with Crippen LogP contribution in [0.15, 0.2) is 36.4 Å². The Labute approximate surface area is 143 Å². The lowest BCUT2D eigenvalue weighted by atomic mass is 10.1. The Kier molecular flexibility index (Phi) is 4.56. The summed E-state index contributed by atoms with van der Waals surface area (Å²) in [5.74, 6) is 1.38. The summed E-state index contributed by atoms with van der Waals surface area (Å²) in [6.07, 6.45) is 1.06. The SMILES string of the molecule is CC[C@H](C)Nc1cc(C(C)C)nc2c(-c3ccccc3)c(C)nn12. The monoisotopic (exact) mass is 322 g/mol. The van der Waals surface area contributed by atoms with E-state index in [2.05, 4.69) is 70.3 Å². The number of rotatable bonds is 5. The number of hydrogen-bond acceptors (Lipinski definition) is 3. The van der Waals surface area contributed by atoms with E-state index in [1.54, 1.807) is 0 Å². The van der Waals surface area contributed by atoms with Gasteiger partial charge in [0.2, 0.25) is 0 Å². The first-order valence-corrected chi connectivity index (χ1v) is 8.73. The van der Waals surface area contributed by atoms with Gasteiger partial charge >= 0.3 is 0 Å². The van der Waals surface area contributed by atoms with E-state index in [0.29, 0.717) is 12.0 Å². The van der Waals surface area contributed by atoms with Crippen LogP contribution in [0.1, 0.15) is 51.4 Å². The summed E-state index contributed by atoms with van der Waals surface area (Å²) in [4.78, 5) is 4.93. The van der Waals surface area contributed by atoms with E-state index < -0.39 is 0 Å². The highest BCUT2D eigenvalue weighted by Crippen LogP contribution is 2.30.